The fraction of sp³-hybridized carbons (Fsp3) is 0.550. The molecule has 13 heteroatoms. The predicted molar refractivity (Wildman–Crippen MR) is 205 cm³/mol. The van der Waals surface area contributed by atoms with E-state index in [1.54, 1.807) is 31.9 Å². The predicted octanol–water partition coefficient (Wildman–Crippen LogP) is 8.52. The molecule has 0 aliphatic rings. The van der Waals surface area contributed by atoms with Gasteiger partial charge in [0.1, 0.15) is 23.1 Å². The second kappa shape index (κ2) is 17.4. The Hall–Kier alpha value is -4.10. The molecule has 1 aromatic heterocycles. The van der Waals surface area contributed by atoms with Crippen LogP contribution in [0, 0.1) is 23.0 Å². The molecular formula is C40H58F2N4O6Si. The minimum Gasteiger partial charge on any atom is -0.456 e. The van der Waals surface area contributed by atoms with Crippen LogP contribution in [-0.2, 0) is 30.0 Å². The first-order valence-corrected chi connectivity index (χ1v) is 20.9. The van der Waals surface area contributed by atoms with Crippen molar-refractivity contribution in [2.75, 3.05) is 26.3 Å². The van der Waals surface area contributed by atoms with Gasteiger partial charge in [0, 0.05) is 50.8 Å². The average molecular weight is 757 g/mol. The Morgan fingerprint density at radius 3 is 2.17 bits per heavy atom. The van der Waals surface area contributed by atoms with Crippen LogP contribution in [0.1, 0.15) is 86.7 Å². The highest BCUT2D eigenvalue weighted by atomic mass is 28.4. The Balaban J connectivity index is 2.22. The van der Waals surface area contributed by atoms with Crippen LogP contribution in [0.3, 0.4) is 0 Å². The third kappa shape index (κ3) is 12.8. The Morgan fingerprint density at radius 2 is 1.60 bits per heavy atom. The number of aromatic nitrogens is 2. The van der Waals surface area contributed by atoms with Gasteiger partial charge in [-0.2, -0.15) is 0 Å². The fourth-order valence-electron chi connectivity index (χ4n) is 5.51. The number of halogens is 2. The number of ether oxygens (including phenoxy) is 2. The summed E-state index contributed by atoms with van der Waals surface area (Å²) in [5, 5.41) is 2.75. The lowest BCUT2D eigenvalue weighted by atomic mass is 9.84. The first kappa shape index (κ1) is 43.3. The van der Waals surface area contributed by atoms with Crippen molar-refractivity contribution >= 4 is 26.3 Å². The van der Waals surface area contributed by atoms with E-state index in [1.807, 2.05) is 55.7 Å². The van der Waals surface area contributed by atoms with Crippen LogP contribution in [-0.4, -0.2) is 72.6 Å². The van der Waals surface area contributed by atoms with E-state index in [2.05, 4.69) is 39.2 Å². The molecule has 3 aromatic rings. The van der Waals surface area contributed by atoms with E-state index in [1.165, 1.54) is 6.92 Å². The monoisotopic (exact) mass is 756 g/mol. The zero-order valence-electron chi connectivity index (χ0n) is 33.4. The SMILES string of the molecule is CC(=O)OCC(=O)N(CC(CNC(=O)OC(C)(C)C)CO[Si](C)(C)C(C)(C)C)C(c1nc(-c2cc(F)ccc2F)cn1Cc1ccccc1)C(C)(C)C. The number of esters is 1. The number of carbonyl (C=O) groups excluding carboxylic acids is 3. The number of alkyl carbamates (subject to hydrolysis) is 1. The van der Waals surface area contributed by atoms with Gasteiger partial charge >= 0.3 is 12.1 Å². The lowest BCUT2D eigenvalue weighted by Crippen LogP contribution is -2.50. The van der Waals surface area contributed by atoms with E-state index in [4.69, 9.17) is 18.9 Å². The number of imidazole rings is 1. The summed E-state index contributed by atoms with van der Waals surface area (Å²) in [6.45, 7) is 23.2. The van der Waals surface area contributed by atoms with Crippen molar-refractivity contribution in [3.05, 3.63) is 77.8 Å². The summed E-state index contributed by atoms with van der Waals surface area (Å²) in [5.41, 5.74) is -0.336. The summed E-state index contributed by atoms with van der Waals surface area (Å²) >= 11 is 0. The van der Waals surface area contributed by atoms with Crippen molar-refractivity contribution in [2.24, 2.45) is 11.3 Å². The van der Waals surface area contributed by atoms with Crippen molar-refractivity contribution in [3.63, 3.8) is 0 Å². The Morgan fingerprint density at radius 1 is 0.962 bits per heavy atom. The average Bonchev–Trinajstić information content (AvgIpc) is 3.42. The van der Waals surface area contributed by atoms with Crippen molar-refractivity contribution in [3.8, 4) is 11.3 Å². The maximum Gasteiger partial charge on any atom is 0.407 e. The number of rotatable bonds is 14. The van der Waals surface area contributed by atoms with Gasteiger partial charge in [-0.3, -0.25) is 9.59 Å². The van der Waals surface area contributed by atoms with Crippen molar-refractivity contribution in [1.82, 2.24) is 19.8 Å². The third-order valence-electron chi connectivity index (χ3n) is 9.18. The van der Waals surface area contributed by atoms with Crippen LogP contribution < -0.4 is 5.32 Å². The van der Waals surface area contributed by atoms with E-state index in [-0.39, 0.29) is 36.0 Å². The molecule has 0 aliphatic heterocycles. The molecule has 2 amide bonds. The summed E-state index contributed by atoms with van der Waals surface area (Å²) < 4.78 is 49.0. The van der Waals surface area contributed by atoms with Gasteiger partial charge in [0.05, 0.1) is 11.7 Å². The van der Waals surface area contributed by atoms with Crippen LogP contribution in [0.2, 0.25) is 18.1 Å². The topological polar surface area (TPSA) is 112 Å². The van der Waals surface area contributed by atoms with Crippen LogP contribution in [0.25, 0.3) is 11.3 Å². The van der Waals surface area contributed by atoms with Gasteiger partial charge in [0.15, 0.2) is 14.9 Å². The van der Waals surface area contributed by atoms with E-state index in [0.717, 1.165) is 23.8 Å². The third-order valence-corrected chi connectivity index (χ3v) is 13.7. The lowest BCUT2D eigenvalue weighted by molar-refractivity contribution is -0.153. The van der Waals surface area contributed by atoms with E-state index < -0.39 is 67.5 Å². The van der Waals surface area contributed by atoms with Gasteiger partial charge in [-0.15, -0.1) is 0 Å². The number of amides is 2. The molecule has 0 radical (unpaired) electrons. The zero-order valence-corrected chi connectivity index (χ0v) is 34.4. The largest absolute Gasteiger partial charge is 0.456 e. The van der Waals surface area contributed by atoms with Crippen molar-refractivity contribution < 1.29 is 37.1 Å². The second-order valence-electron chi connectivity index (χ2n) is 17.1. The molecule has 0 aliphatic carbocycles. The first-order valence-electron chi connectivity index (χ1n) is 18.0. The Kier molecular flexibility index (Phi) is 14.2. The number of benzene rings is 2. The van der Waals surface area contributed by atoms with Crippen LogP contribution >= 0.6 is 0 Å². The van der Waals surface area contributed by atoms with Gasteiger partial charge < -0.3 is 28.7 Å². The van der Waals surface area contributed by atoms with Gasteiger partial charge in [-0.25, -0.2) is 18.6 Å². The molecule has 2 aromatic carbocycles. The first-order chi connectivity index (χ1) is 24.4. The van der Waals surface area contributed by atoms with Gasteiger partial charge in [0.2, 0.25) is 0 Å². The van der Waals surface area contributed by atoms with Crippen LogP contribution in [0.5, 0.6) is 0 Å². The van der Waals surface area contributed by atoms with E-state index in [9.17, 15) is 18.8 Å². The molecule has 0 bridgehead atoms. The molecular weight excluding hydrogens is 699 g/mol. The van der Waals surface area contributed by atoms with Crippen molar-refractivity contribution in [2.45, 2.75) is 106 Å². The molecule has 0 saturated heterocycles. The second-order valence-corrected chi connectivity index (χ2v) is 21.9. The summed E-state index contributed by atoms with van der Waals surface area (Å²) in [6, 6.07) is 12.0. The van der Waals surface area contributed by atoms with Gasteiger partial charge in [0.25, 0.3) is 5.91 Å². The molecule has 3 rings (SSSR count). The van der Waals surface area contributed by atoms with E-state index in [0.29, 0.717) is 12.4 Å². The fourth-order valence-corrected chi connectivity index (χ4v) is 6.59. The minimum atomic E-state index is -2.29. The quantitative estimate of drug-likeness (QED) is 0.130. The summed E-state index contributed by atoms with van der Waals surface area (Å²) in [4.78, 5) is 45.7. The van der Waals surface area contributed by atoms with Crippen LogP contribution in [0.4, 0.5) is 13.6 Å². The molecule has 0 fully saturated rings. The molecule has 1 heterocycles. The van der Waals surface area contributed by atoms with E-state index >= 15 is 4.39 Å². The number of hydrogen-bond donors (Lipinski definition) is 1. The standard InChI is InChI=1S/C40H58F2N4O6Si/c1-27(47)50-26-34(48)46(23-29(21-43-37(49)52-39(5,6)7)25-51-53(11,12)40(8,9)10)35(38(2,3)4)36-44-33(31-20-30(41)18-19-32(31)42)24-45(36)22-28-16-14-13-15-17-28/h13-20,24,29,35H,21-23,25-26H2,1-12H3,(H,43,49). The number of hydrogen-bond acceptors (Lipinski definition) is 7. The highest BCUT2D eigenvalue weighted by molar-refractivity contribution is 6.74. The normalized spacial score (nSPS) is 13.6. The smallest absolute Gasteiger partial charge is 0.407 e. The molecule has 10 nitrogen and oxygen atoms in total. The summed E-state index contributed by atoms with van der Waals surface area (Å²) in [7, 11) is -2.29. The highest BCUT2D eigenvalue weighted by Crippen LogP contribution is 2.41. The molecule has 2 unspecified atom stereocenters. The molecule has 1 N–H and O–H groups in total. The zero-order chi connectivity index (χ0) is 39.9. The summed E-state index contributed by atoms with van der Waals surface area (Å²) in [5.74, 6) is -2.41. The molecule has 0 spiro atoms. The maximum atomic E-state index is 15.2. The molecule has 53 heavy (non-hydrogen) atoms. The molecule has 2 atom stereocenters. The minimum absolute atomic E-state index is 0.0225. The van der Waals surface area contributed by atoms with Gasteiger partial charge in [-0.05, 0) is 68.1 Å². The Bertz CT molecular complexity index is 1710. The summed E-state index contributed by atoms with van der Waals surface area (Å²) in [6.07, 6.45) is 1.05. The molecule has 0 saturated carbocycles. The maximum absolute atomic E-state index is 15.2. The van der Waals surface area contributed by atoms with Gasteiger partial charge in [-0.1, -0.05) is 71.9 Å². The molecule has 292 valence electrons. The number of nitrogens with zero attached hydrogens (tertiary/aromatic N) is 3. The number of carbonyl (C=O) groups is 3. The lowest BCUT2D eigenvalue weighted by Gasteiger charge is -2.42. The highest BCUT2D eigenvalue weighted by Gasteiger charge is 2.41. The Labute approximate surface area is 314 Å². The van der Waals surface area contributed by atoms with Crippen molar-refractivity contribution in [1.29, 1.82) is 0 Å². The van der Waals surface area contributed by atoms with Crippen LogP contribution in [0.15, 0.2) is 54.7 Å². The number of nitrogens with one attached hydrogen (secondary N) is 1.